The van der Waals surface area contributed by atoms with Gasteiger partial charge in [0.25, 0.3) is 12.2 Å². The van der Waals surface area contributed by atoms with Crippen LogP contribution in [0.4, 0.5) is 11.4 Å². The second-order valence-electron chi connectivity index (χ2n) is 8.26. The first-order valence-electron chi connectivity index (χ1n) is 11.9. The summed E-state index contributed by atoms with van der Waals surface area (Å²) in [4.78, 5) is 13.5. The van der Waals surface area contributed by atoms with Crippen molar-refractivity contribution in [2.45, 2.75) is 30.9 Å². The maximum atomic E-state index is 12.3. The molecule has 202 valence electrons. The Bertz CT molecular complexity index is 1210. The summed E-state index contributed by atoms with van der Waals surface area (Å²) in [6.45, 7) is 2.70. The van der Waals surface area contributed by atoms with E-state index < -0.39 is 5.91 Å². The Morgan fingerprint density at radius 3 is 2.74 bits per heavy atom. The number of anilines is 2. The first-order chi connectivity index (χ1) is 18.5. The molecule has 1 amide bonds. The van der Waals surface area contributed by atoms with Crippen LogP contribution in [0.5, 0.6) is 0 Å². The highest BCUT2D eigenvalue weighted by molar-refractivity contribution is 8.01. The summed E-state index contributed by atoms with van der Waals surface area (Å²) >= 11 is 3.03. The van der Waals surface area contributed by atoms with Crippen molar-refractivity contribution in [2.24, 2.45) is 0 Å². The van der Waals surface area contributed by atoms with E-state index in [4.69, 9.17) is 25.2 Å². The zero-order chi connectivity index (χ0) is 27.2. The van der Waals surface area contributed by atoms with Gasteiger partial charge in [-0.1, -0.05) is 12.1 Å². The van der Waals surface area contributed by atoms with Gasteiger partial charge in [0, 0.05) is 79.3 Å². The van der Waals surface area contributed by atoms with Gasteiger partial charge in [-0.25, -0.2) is 0 Å². The van der Waals surface area contributed by atoms with Gasteiger partial charge in [0.15, 0.2) is 5.79 Å². The van der Waals surface area contributed by atoms with Crippen LogP contribution >= 0.6 is 23.1 Å². The molecule has 0 spiro atoms. The number of nitrogens with one attached hydrogen (secondary N) is 2. The highest BCUT2D eigenvalue weighted by atomic mass is 32.2. The van der Waals surface area contributed by atoms with Gasteiger partial charge < -0.3 is 30.6 Å². The van der Waals surface area contributed by atoms with Crippen LogP contribution in [0.1, 0.15) is 23.3 Å². The molecule has 3 aromatic rings. The molecule has 0 saturated carbocycles. The van der Waals surface area contributed by atoms with Gasteiger partial charge >= 0.3 is 0 Å². The molecule has 1 aliphatic heterocycles. The van der Waals surface area contributed by atoms with E-state index in [-0.39, 0.29) is 11.5 Å². The smallest absolute Gasteiger partial charge is 0.293 e. The van der Waals surface area contributed by atoms with E-state index in [1.54, 1.807) is 62.3 Å². The molecule has 4 rings (SSSR count). The van der Waals surface area contributed by atoms with Gasteiger partial charge in [0.2, 0.25) is 5.76 Å². The molecule has 0 radical (unpaired) electrons. The molecule has 12 heteroatoms. The second kappa shape index (κ2) is 15.2. The minimum Gasteiger partial charge on any atom is -0.399 e. The van der Waals surface area contributed by atoms with Crippen molar-refractivity contribution >= 4 is 40.4 Å². The van der Waals surface area contributed by atoms with Crippen LogP contribution < -0.4 is 16.4 Å². The molecule has 2 aromatic heterocycles. The van der Waals surface area contributed by atoms with Gasteiger partial charge in [0.1, 0.15) is 0 Å². The van der Waals surface area contributed by atoms with Crippen molar-refractivity contribution in [3.63, 3.8) is 0 Å². The molecule has 0 atom stereocenters. The number of ether oxygens (including phenoxy) is 3. The molecule has 4 N–H and O–H groups in total. The van der Waals surface area contributed by atoms with E-state index >= 15 is 0 Å². The van der Waals surface area contributed by atoms with Crippen LogP contribution in [0.25, 0.3) is 0 Å². The molecule has 38 heavy (non-hydrogen) atoms. The number of rotatable bonds is 10. The lowest BCUT2D eigenvalue weighted by Gasteiger charge is -2.34. The van der Waals surface area contributed by atoms with Crippen LogP contribution in [0.3, 0.4) is 0 Å². The topological polar surface area (TPSA) is 136 Å². The number of hydrogen-bond donors (Lipinski definition) is 3. The first-order valence-corrected chi connectivity index (χ1v) is 13.8. The third-order valence-corrected chi connectivity index (χ3v) is 7.40. The van der Waals surface area contributed by atoms with Gasteiger partial charge in [-0.15, -0.1) is 28.4 Å². The lowest BCUT2D eigenvalue weighted by Crippen LogP contribution is -2.44. The molecule has 10 nitrogen and oxygen atoms in total. The zero-order valence-corrected chi connectivity index (χ0v) is 23.0. The van der Waals surface area contributed by atoms with Gasteiger partial charge in [-0.2, -0.15) is 5.10 Å². The monoisotopic (exact) mass is 556 g/mol. The van der Waals surface area contributed by atoms with Gasteiger partial charge in [-0.05, 0) is 29.6 Å². The molecule has 0 bridgehead atoms. The minimum absolute atomic E-state index is 0.0825. The second-order valence-corrected chi connectivity index (χ2v) is 10.2. The van der Waals surface area contributed by atoms with Crippen molar-refractivity contribution in [1.29, 1.82) is 5.26 Å². The number of nitriles is 1. The minimum atomic E-state index is -0.520. The highest BCUT2D eigenvalue weighted by Gasteiger charge is 2.30. The Balaban J connectivity index is 0.000000336. The average Bonchev–Trinajstić information content (AvgIpc) is 3.61. The fourth-order valence-corrected chi connectivity index (χ4v) is 5.05. The molecule has 0 aliphatic carbocycles. The normalized spacial score (nSPS) is 14.6. The summed E-state index contributed by atoms with van der Waals surface area (Å²) in [7, 11) is 3.41. The summed E-state index contributed by atoms with van der Waals surface area (Å²) in [6.07, 6.45) is 7.17. The number of thioether (sulfide) groups is 1. The third-order valence-electron chi connectivity index (χ3n) is 5.66. The summed E-state index contributed by atoms with van der Waals surface area (Å²) in [6, 6.07) is 10.8. The molecular weight excluding hydrogens is 524 g/mol. The number of carbonyl (C=O) groups excluding carboxylic acids is 1. The number of carbonyl (C=O) groups is 1. The largest absolute Gasteiger partial charge is 0.399 e. The first kappa shape index (κ1) is 29.2. The molecular formula is C26H32N6O4S2. The van der Waals surface area contributed by atoms with E-state index in [9.17, 15) is 4.79 Å². The summed E-state index contributed by atoms with van der Waals surface area (Å²) in [5.74, 6) is -0.312. The van der Waals surface area contributed by atoms with Crippen molar-refractivity contribution < 1.29 is 19.0 Å². The fraction of sp³-hybridized carbons (Fsp3) is 0.346. The number of nitrogens with zero attached hydrogens (tertiary/aromatic N) is 3. The zero-order valence-electron chi connectivity index (χ0n) is 21.4. The SMILES string of the molecule is COC1(OC)CCNCC1.N#CO/C(=C\SCc1cnn(Cc2cccs2)c1)C(=O)Nc1cccc(N)c1. The van der Waals surface area contributed by atoms with Crippen LogP contribution in [0.15, 0.2) is 65.3 Å². The molecule has 0 unspecified atom stereocenters. The fourth-order valence-electron chi connectivity index (χ4n) is 3.62. The summed E-state index contributed by atoms with van der Waals surface area (Å²) in [5, 5.41) is 22.6. The summed E-state index contributed by atoms with van der Waals surface area (Å²) < 4.78 is 17.2. The number of amides is 1. The van der Waals surface area contributed by atoms with Crippen LogP contribution in [0.2, 0.25) is 0 Å². The number of piperidine rings is 1. The maximum absolute atomic E-state index is 12.3. The Kier molecular flexibility index (Phi) is 11.7. The highest BCUT2D eigenvalue weighted by Crippen LogP contribution is 2.22. The van der Waals surface area contributed by atoms with Crippen molar-refractivity contribution in [1.82, 2.24) is 15.1 Å². The van der Waals surface area contributed by atoms with Gasteiger partial charge in [-0.3, -0.25) is 9.48 Å². The lowest BCUT2D eigenvalue weighted by molar-refractivity contribution is -0.219. The average molecular weight is 557 g/mol. The van der Waals surface area contributed by atoms with Crippen LogP contribution in [0, 0.1) is 11.5 Å². The lowest BCUT2D eigenvalue weighted by atomic mass is 10.1. The number of thiophene rings is 1. The Hall–Kier alpha value is -3.34. The summed E-state index contributed by atoms with van der Waals surface area (Å²) in [5.41, 5.74) is 7.75. The standard InChI is InChI=1S/C19H17N5O2S2.C7H15NO2/c20-13-26-18(19(25)23-16-4-1-3-15(21)7-16)12-27-11-14-8-22-24(9-14)10-17-5-2-6-28-17;1-9-7(10-2)3-5-8-6-4-7/h1-9,12H,10-11,21H2,(H,23,25);8H,3-6H2,1-2H3/b18-12-;. The van der Waals surface area contributed by atoms with Crippen LogP contribution in [-0.2, 0) is 31.3 Å². The third kappa shape index (κ3) is 9.20. The number of methoxy groups -OCH3 is 2. The Morgan fingerprint density at radius 1 is 1.32 bits per heavy atom. The van der Waals surface area contributed by atoms with E-state index in [0.29, 0.717) is 17.1 Å². The van der Waals surface area contributed by atoms with Crippen molar-refractivity contribution in [3.8, 4) is 6.26 Å². The van der Waals surface area contributed by atoms with E-state index in [1.807, 2.05) is 22.3 Å². The van der Waals surface area contributed by atoms with Crippen LogP contribution in [-0.4, -0.2) is 48.8 Å². The van der Waals surface area contributed by atoms with Gasteiger partial charge in [0.05, 0.1) is 12.7 Å². The molecule has 1 aliphatic rings. The maximum Gasteiger partial charge on any atom is 0.293 e. The number of aromatic nitrogens is 2. The number of benzene rings is 1. The Labute approximate surface area is 230 Å². The molecule has 1 fully saturated rings. The predicted molar refractivity (Wildman–Crippen MR) is 150 cm³/mol. The number of nitrogens with two attached hydrogens (primary N) is 1. The molecule has 3 heterocycles. The molecule has 1 aromatic carbocycles. The van der Waals surface area contributed by atoms with E-state index in [1.165, 1.54) is 22.0 Å². The molecule has 1 saturated heterocycles. The quantitative estimate of drug-likeness (QED) is 0.111. The van der Waals surface area contributed by atoms with E-state index in [0.717, 1.165) is 38.0 Å². The number of hydrogen-bond acceptors (Lipinski definition) is 10. The van der Waals surface area contributed by atoms with Crippen molar-refractivity contribution in [3.05, 3.63) is 75.8 Å². The number of nitrogen functional groups attached to an aromatic ring is 1. The predicted octanol–water partition coefficient (Wildman–Crippen LogP) is 4.14. The van der Waals surface area contributed by atoms with Crippen molar-refractivity contribution in [2.75, 3.05) is 38.4 Å². The van der Waals surface area contributed by atoms with E-state index in [2.05, 4.69) is 21.8 Å². The Morgan fingerprint density at radius 2 is 2.11 bits per heavy atom.